The second-order valence-electron chi connectivity index (χ2n) is 8.77. The lowest BCUT2D eigenvalue weighted by Crippen LogP contribution is -2.42. The van der Waals surface area contributed by atoms with Crippen LogP contribution >= 0.6 is 11.6 Å². The van der Waals surface area contributed by atoms with Crippen LogP contribution in [0.4, 0.5) is 5.69 Å². The zero-order chi connectivity index (χ0) is 23.8. The number of nitrogens with one attached hydrogen (secondary N) is 1. The highest BCUT2D eigenvalue weighted by Crippen LogP contribution is 2.48. The fourth-order valence-electron chi connectivity index (χ4n) is 4.94. The van der Waals surface area contributed by atoms with E-state index in [1.807, 2.05) is 73.7 Å². The summed E-state index contributed by atoms with van der Waals surface area (Å²) in [4.78, 5) is 15.2. The second-order valence-corrected chi connectivity index (χ2v) is 9.21. The molecule has 0 spiro atoms. The summed E-state index contributed by atoms with van der Waals surface area (Å²) in [5, 5.41) is 21.4. The van der Waals surface area contributed by atoms with Crippen molar-refractivity contribution in [2.24, 2.45) is 0 Å². The Morgan fingerprint density at radius 2 is 1.74 bits per heavy atom. The molecule has 0 saturated heterocycles. The van der Waals surface area contributed by atoms with Gasteiger partial charge in [-0.05, 0) is 43.5 Å². The van der Waals surface area contributed by atoms with E-state index in [4.69, 9.17) is 11.6 Å². The van der Waals surface area contributed by atoms with Crippen LogP contribution in [0.3, 0.4) is 0 Å². The first-order valence-corrected chi connectivity index (χ1v) is 11.8. The largest absolute Gasteiger partial charge is 0.507 e. The molecular weight excluding hydrogens is 444 g/mol. The fourth-order valence-corrected chi connectivity index (χ4v) is 5.12. The summed E-state index contributed by atoms with van der Waals surface area (Å²) < 4.78 is 0. The number of benzene rings is 3. The van der Waals surface area contributed by atoms with Crippen LogP contribution in [0, 0.1) is 12.3 Å². The van der Waals surface area contributed by atoms with Gasteiger partial charge in [-0.15, -0.1) is 0 Å². The first-order chi connectivity index (χ1) is 16.5. The minimum Gasteiger partial charge on any atom is -0.507 e. The molecular formula is C29H25ClN2O2. The molecule has 2 N–H and O–H groups in total. The van der Waals surface area contributed by atoms with Crippen LogP contribution in [-0.4, -0.2) is 16.7 Å². The Morgan fingerprint density at radius 1 is 1.00 bits per heavy atom. The molecule has 0 unspecified atom stereocenters. The summed E-state index contributed by atoms with van der Waals surface area (Å²) in [7, 11) is 0. The van der Waals surface area contributed by atoms with Crippen LogP contribution in [0.1, 0.15) is 41.9 Å². The minimum absolute atomic E-state index is 0.00752. The van der Waals surface area contributed by atoms with E-state index >= 15 is 0 Å². The summed E-state index contributed by atoms with van der Waals surface area (Å²) in [6, 6.07) is 24.5. The predicted octanol–water partition coefficient (Wildman–Crippen LogP) is 7.21. The zero-order valence-corrected chi connectivity index (χ0v) is 19.6. The smallest absolute Gasteiger partial charge is 0.161 e. The van der Waals surface area contributed by atoms with Gasteiger partial charge in [0.15, 0.2) is 5.78 Å². The van der Waals surface area contributed by atoms with Gasteiger partial charge in [0, 0.05) is 45.5 Å². The molecule has 1 aliphatic heterocycles. The molecule has 3 aromatic carbocycles. The normalized spacial score (nSPS) is 19.8. The Labute approximate surface area is 204 Å². The van der Waals surface area contributed by atoms with E-state index < -0.39 is 5.92 Å². The fraction of sp³-hybridized carbons (Fsp3) is 0.172. The monoisotopic (exact) mass is 468 g/mol. The number of hydrogen-bond acceptors (Lipinski definition) is 3. The third-order valence-corrected chi connectivity index (χ3v) is 6.77. The van der Waals surface area contributed by atoms with Crippen molar-refractivity contribution in [3.8, 4) is 0 Å². The molecule has 0 amide bonds. The Bertz CT molecular complexity index is 1340. The SMILES string of the molecule is Cc1ccc([C@H]2C(=C(O)c3ccccc3)C(=N)N(c3cccc(Cl)c3)C3=C2C(=O)CCC3)cc1. The average molecular weight is 469 g/mol. The number of aliphatic hydroxyl groups excluding tert-OH is 1. The Morgan fingerprint density at radius 3 is 2.44 bits per heavy atom. The summed E-state index contributed by atoms with van der Waals surface area (Å²) in [6.07, 6.45) is 1.86. The van der Waals surface area contributed by atoms with Gasteiger partial charge >= 0.3 is 0 Å². The molecule has 4 nitrogen and oxygen atoms in total. The highest BCUT2D eigenvalue weighted by atomic mass is 35.5. The van der Waals surface area contributed by atoms with Crippen LogP contribution < -0.4 is 4.90 Å². The molecule has 0 radical (unpaired) electrons. The van der Waals surface area contributed by atoms with Crippen molar-refractivity contribution in [2.75, 3.05) is 4.90 Å². The molecule has 1 aliphatic carbocycles. The van der Waals surface area contributed by atoms with E-state index in [2.05, 4.69) is 0 Å². The number of rotatable bonds is 3. The van der Waals surface area contributed by atoms with Crippen LogP contribution in [-0.2, 0) is 4.79 Å². The first-order valence-electron chi connectivity index (χ1n) is 11.4. The summed E-state index contributed by atoms with van der Waals surface area (Å²) in [5.41, 5.74) is 5.21. The van der Waals surface area contributed by atoms with Crippen LogP contribution in [0.15, 0.2) is 95.7 Å². The molecule has 2 aliphatic rings. The standard InChI is InChI=1S/C29H25ClN2O2/c1-18-13-15-19(16-14-18)25-26-23(11-6-12-24(26)33)32(22-10-5-9-21(30)17-22)29(31)27(25)28(34)20-7-3-2-4-8-20/h2-5,7-10,13-17,25,31,34H,6,11-12H2,1H3/t25-/m1/s1. The highest BCUT2D eigenvalue weighted by Gasteiger charge is 2.43. The van der Waals surface area contributed by atoms with E-state index in [0.29, 0.717) is 40.3 Å². The van der Waals surface area contributed by atoms with Crippen molar-refractivity contribution < 1.29 is 9.90 Å². The predicted molar refractivity (Wildman–Crippen MR) is 137 cm³/mol. The van der Waals surface area contributed by atoms with Crippen LogP contribution in [0.25, 0.3) is 5.76 Å². The molecule has 5 heteroatoms. The molecule has 1 atom stereocenters. The van der Waals surface area contributed by atoms with E-state index in [1.54, 1.807) is 17.0 Å². The summed E-state index contributed by atoms with van der Waals surface area (Å²) in [6.45, 7) is 2.02. The van der Waals surface area contributed by atoms with E-state index in [0.717, 1.165) is 23.2 Å². The second kappa shape index (κ2) is 8.96. The third-order valence-electron chi connectivity index (χ3n) is 6.53. The van der Waals surface area contributed by atoms with Gasteiger partial charge in [0.25, 0.3) is 0 Å². The van der Waals surface area contributed by atoms with Crippen LogP contribution in [0.5, 0.6) is 0 Å². The maximum atomic E-state index is 13.4. The molecule has 0 fully saturated rings. The van der Waals surface area contributed by atoms with Gasteiger partial charge in [-0.25, -0.2) is 0 Å². The molecule has 0 bridgehead atoms. The molecule has 0 aromatic heterocycles. The number of halogens is 1. The van der Waals surface area contributed by atoms with Gasteiger partial charge in [-0.1, -0.05) is 77.8 Å². The van der Waals surface area contributed by atoms with Crippen molar-refractivity contribution in [3.05, 3.63) is 117 Å². The van der Waals surface area contributed by atoms with Crippen molar-refractivity contribution in [1.82, 2.24) is 0 Å². The summed E-state index contributed by atoms with van der Waals surface area (Å²) >= 11 is 6.31. The number of hydrogen-bond donors (Lipinski definition) is 2. The first kappa shape index (κ1) is 22.2. The lowest BCUT2D eigenvalue weighted by molar-refractivity contribution is -0.116. The topological polar surface area (TPSA) is 64.4 Å². The molecule has 5 rings (SSSR count). The minimum atomic E-state index is -0.522. The van der Waals surface area contributed by atoms with Gasteiger partial charge in [0.05, 0.1) is 0 Å². The van der Waals surface area contributed by atoms with Gasteiger partial charge < -0.3 is 5.11 Å². The number of aliphatic hydroxyl groups is 1. The zero-order valence-electron chi connectivity index (χ0n) is 18.9. The number of allylic oxidation sites excluding steroid dienone is 2. The van der Waals surface area contributed by atoms with Gasteiger partial charge in [-0.3, -0.25) is 15.1 Å². The quantitative estimate of drug-likeness (QED) is 0.399. The number of Topliss-reactive ketones (excluding diaryl/α,β-unsaturated/α-hetero) is 1. The average Bonchev–Trinajstić information content (AvgIpc) is 2.84. The van der Waals surface area contributed by atoms with Gasteiger partial charge in [0.1, 0.15) is 11.6 Å². The molecule has 34 heavy (non-hydrogen) atoms. The Kier molecular flexibility index (Phi) is 5.84. The van der Waals surface area contributed by atoms with Crippen molar-refractivity contribution in [3.63, 3.8) is 0 Å². The van der Waals surface area contributed by atoms with Crippen molar-refractivity contribution in [1.29, 1.82) is 5.41 Å². The van der Waals surface area contributed by atoms with E-state index in [-0.39, 0.29) is 17.4 Å². The number of ketones is 1. The number of nitrogens with zero attached hydrogens (tertiary/aromatic N) is 1. The third kappa shape index (κ3) is 3.84. The Balaban J connectivity index is 1.83. The molecule has 3 aromatic rings. The van der Waals surface area contributed by atoms with E-state index in [1.165, 1.54) is 0 Å². The van der Waals surface area contributed by atoms with Crippen molar-refractivity contribution in [2.45, 2.75) is 32.1 Å². The van der Waals surface area contributed by atoms with Crippen molar-refractivity contribution >= 4 is 34.7 Å². The number of carbonyl (C=O) groups is 1. The lowest BCUT2D eigenvalue weighted by atomic mass is 9.73. The number of amidine groups is 1. The maximum Gasteiger partial charge on any atom is 0.161 e. The lowest BCUT2D eigenvalue weighted by Gasteiger charge is -2.41. The van der Waals surface area contributed by atoms with Gasteiger partial charge in [0.2, 0.25) is 0 Å². The van der Waals surface area contributed by atoms with Crippen LogP contribution in [0.2, 0.25) is 5.02 Å². The molecule has 0 saturated carbocycles. The summed E-state index contributed by atoms with van der Waals surface area (Å²) in [5.74, 6) is -0.299. The number of carbonyl (C=O) groups excluding carboxylic acids is 1. The molecule has 170 valence electrons. The molecule has 1 heterocycles. The number of aryl methyl sites for hydroxylation is 1. The van der Waals surface area contributed by atoms with E-state index in [9.17, 15) is 15.3 Å². The maximum absolute atomic E-state index is 13.4. The van der Waals surface area contributed by atoms with Gasteiger partial charge in [-0.2, -0.15) is 0 Å². The number of anilines is 1. The Hall–Kier alpha value is -3.63. The highest BCUT2D eigenvalue weighted by molar-refractivity contribution is 6.31.